The van der Waals surface area contributed by atoms with Gasteiger partial charge in [-0.1, -0.05) is 18.2 Å². The van der Waals surface area contributed by atoms with Gasteiger partial charge in [0.2, 0.25) is 11.8 Å². The Hall–Kier alpha value is -3.29. The first-order chi connectivity index (χ1) is 13.9. The normalized spacial score (nSPS) is 20.8. The van der Waals surface area contributed by atoms with Crippen LogP contribution in [0.25, 0.3) is 0 Å². The summed E-state index contributed by atoms with van der Waals surface area (Å²) in [7, 11) is 0. The molecule has 8 heteroatoms. The largest absolute Gasteiger partial charge is 0.459 e. The topological polar surface area (TPSA) is 117 Å². The molecule has 160 valence electrons. The molecule has 0 radical (unpaired) electrons. The summed E-state index contributed by atoms with van der Waals surface area (Å²) in [5, 5.41) is 2.68. The average molecular weight is 414 g/mol. The highest BCUT2D eigenvalue weighted by Crippen LogP contribution is 2.51. The summed E-state index contributed by atoms with van der Waals surface area (Å²) in [4.78, 5) is 39.8. The van der Waals surface area contributed by atoms with Gasteiger partial charge in [0.05, 0.1) is 11.7 Å². The van der Waals surface area contributed by atoms with Crippen molar-refractivity contribution < 1.29 is 28.6 Å². The number of carbonyl (C=O) groups is 3. The van der Waals surface area contributed by atoms with Crippen molar-refractivity contribution in [1.82, 2.24) is 5.32 Å². The Bertz CT molecular complexity index is 999. The predicted molar refractivity (Wildman–Crippen MR) is 108 cm³/mol. The van der Waals surface area contributed by atoms with E-state index in [4.69, 9.17) is 19.9 Å². The van der Waals surface area contributed by atoms with E-state index in [-0.39, 0.29) is 28.5 Å². The molecule has 0 saturated heterocycles. The van der Waals surface area contributed by atoms with Gasteiger partial charge in [-0.2, -0.15) is 0 Å². The Balaban J connectivity index is 2.33. The van der Waals surface area contributed by atoms with Crippen molar-refractivity contribution in [3.05, 3.63) is 52.6 Å². The summed E-state index contributed by atoms with van der Waals surface area (Å²) in [6.07, 6.45) is -0.480. The lowest BCUT2D eigenvalue weighted by Gasteiger charge is -2.36. The lowest BCUT2D eigenvalue weighted by Crippen LogP contribution is -2.49. The van der Waals surface area contributed by atoms with Crippen LogP contribution in [0.15, 0.2) is 47.0 Å². The Kier molecular flexibility index (Phi) is 5.14. The number of nitrogens with two attached hydrogens (primary N) is 1. The summed E-state index contributed by atoms with van der Waals surface area (Å²) in [5.74, 6) is -2.22. The number of fused-ring (bicyclic) bond motifs is 2. The molecule has 30 heavy (non-hydrogen) atoms. The van der Waals surface area contributed by atoms with Crippen molar-refractivity contribution in [3.8, 4) is 5.75 Å². The SMILES string of the molecule is CC1=C(C(=O)OC(C)(C)C)[C@@]2(C(=O)N1)C(C(=O)OC(C)C)=C(N)Oc1ccccc12. The van der Waals surface area contributed by atoms with Crippen molar-refractivity contribution >= 4 is 17.8 Å². The quantitative estimate of drug-likeness (QED) is 0.728. The minimum absolute atomic E-state index is 0.0168. The number of rotatable bonds is 3. The number of hydrogen-bond acceptors (Lipinski definition) is 7. The third-order valence-electron chi connectivity index (χ3n) is 4.67. The lowest BCUT2D eigenvalue weighted by molar-refractivity contribution is -0.151. The molecule has 0 saturated carbocycles. The van der Waals surface area contributed by atoms with Gasteiger partial charge < -0.3 is 25.3 Å². The number of benzene rings is 1. The highest BCUT2D eigenvalue weighted by Gasteiger charge is 2.62. The molecule has 1 aromatic carbocycles. The van der Waals surface area contributed by atoms with Crippen molar-refractivity contribution in [3.63, 3.8) is 0 Å². The molecule has 0 bridgehead atoms. The zero-order valence-corrected chi connectivity index (χ0v) is 17.9. The van der Waals surface area contributed by atoms with Gasteiger partial charge in [0.1, 0.15) is 22.3 Å². The minimum Gasteiger partial charge on any atom is -0.459 e. The van der Waals surface area contributed by atoms with E-state index in [1.807, 2.05) is 0 Å². The van der Waals surface area contributed by atoms with Gasteiger partial charge in [-0.25, -0.2) is 9.59 Å². The van der Waals surface area contributed by atoms with E-state index in [9.17, 15) is 14.4 Å². The van der Waals surface area contributed by atoms with Crippen LogP contribution in [0.3, 0.4) is 0 Å². The predicted octanol–water partition coefficient (Wildman–Crippen LogP) is 2.18. The Morgan fingerprint density at radius 3 is 2.37 bits per heavy atom. The molecule has 0 aromatic heterocycles. The number of carbonyl (C=O) groups excluding carboxylic acids is 3. The van der Waals surface area contributed by atoms with Gasteiger partial charge >= 0.3 is 11.9 Å². The van der Waals surface area contributed by atoms with Crippen LogP contribution in [-0.4, -0.2) is 29.6 Å². The first-order valence-electron chi connectivity index (χ1n) is 9.64. The van der Waals surface area contributed by atoms with Crippen molar-refractivity contribution in [1.29, 1.82) is 0 Å². The van der Waals surface area contributed by atoms with Crippen LogP contribution in [0.2, 0.25) is 0 Å². The summed E-state index contributed by atoms with van der Waals surface area (Å²) < 4.78 is 16.6. The molecule has 0 fully saturated rings. The van der Waals surface area contributed by atoms with Crippen LogP contribution >= 0.6 is 0 Å². The third kappa shape index (κ3) is 3.32. The van der Waals surface area contributed by atoms with Gasteiger partial charge in [-0.3, -0.25) is 4.79 Å². The van der Waals surface area contributed by atoms with Crippen molar-refractivity contribution in [2.45, 2.75) is 58.7 Å². The zero-order chi connectivity index (χ0) is 22.4. The molecule has 0 unspecified atom stereocenters. The maximum Gasteiger partial charge on any atom is 0.341 e. The van der Waals surface area contributed by atoms with Gasteiger partial charge in [-0.15, -0.1) is 0 Å². The molecule has 0 aliphatic carbocycles. The fraction of sp³-hybridized carbons (Fsp3) is 0.409. The maximum atomic E-state index is 13.4. The summed E-state index contributed by atoms with van der Waals surface area (Å²) in [6, 6.07) is 6.62. The van der Waals surface area contributed by atoms with Gasteiger partial charge in [0.25, 0.3) is 0 Å². The van der Waals surface area contributed by atoms with E-state index in [0.29, 0.717) is 5.56 Å². The minimum atomic E-state index is -1.85. The second-order valence-corrected chi connectivity index (χ2v) is 8.50. The Morgan fingerprint density at radius 2 is 1.77 bits per heavy atom. The van der Waals surface area contributed by atoms with Crippen LogP contribution in [0.1, 0.15) is 47.1 Å². The van der Waals surface area contributed by atoms with E-state index >= 15 is 0 Å². The molecule has 1 atom stereocenters. The van der Waals surface area contributed by atoms with E-state index in [2.05, 4.69) is 5.32 Å². The van der Waals surface area contributed by atoms with E-state index in [1.54, 1.807) is 65.8 Å². The van der Waals surface area contributed by atoms with Crippen LogP contribution < -0.4 is 15.8 Å². The van der Waals surface area contributed by atoms with Crippen LogP contribution in [0.4, 0.5) is 0 Å². The first kappa shape index (κ1) is 21.4. The fourth-order valence-electron chi connectivity index (χ4n) is 3.73. The van der Waals surface area contributed by atoms with E-state index in [0.717, 1.165) is 0 Å². The highest BCUT2D eigenvalue weighted by molar-refractivity contribution is 6.17. The van der Waals surface area contributed by atoms with Crippen LogP contribution in [0.5, 0.6) is 5.75 Å². The number of nitrogens with one attached hydrogen (secondary N) is 1. The second-order valence-electron chi connectivity index (χ2n) is 8.50. The molecule has 8 nitrogen and oxygen atoms in total. The second kappa shape index (κ2) is 7.19. The number of ether oxygens (including phenoxy) is 3. The molecule has 1 spiro atoms. The van der Waals surface area contributed by atoms with Crippen LogP contribution in [0, 0.1) is 0 Å². The molecule has 1 aromatic rings. The molecular weight excluding hydrogens is 388 g/mol. The van der Waals surface area contributed by atoms with Gasteiger partial charge in [0, 0.05) is 11.3 Å². The Morgan fingerprint density at radius 1 is 1.13 bits per heavy atom. The number of esters is 2. The standard InChI is InChI=1S/C22H26N2O6/c1-11(2)28-18(25)16-17(23)29-14-10-8-7-9-13(14)22(16)15(12(3)24-20(22)27)19(26)30-21(4,5)6/h7-11H,23H2,1-6H3,(H,24,27)/t22-/m1/s1. The molecular formula is C22H26N2O6. The zero-order valence-electron chi connectivity index (χ0n) is 17.9. The van der Waals surface area contributed by atoms with Crippen molar-refractivity contribution in [2.24, 2.45) is 5.73 Å². The van der Waals surface area contributed by atoms with E-state index < -0.39 is 35.0 Å². The number of para-hydroxylation sites is 1. The fourth-order valence-corrected chi connectivity index (χ4v) is 3.73. The number of allylic oxidation sites excluding steroid dienone is 1. The smallest absolute Gasteiger partial charge is 0.341 e. The monoisotopic (exact) mass is 414 g/mol. The molecule has 2 aliphatic heterocycles. The van der Waals surface area contributed by atoms with Crippen LogP contribution in [-0.2, 0) is 29.3 Å². The summed E-state index contributed by atoms with van der Waals surface area (Å²) in [6.45, 7) is 10.1. The maximum absolute atomic E-state index is 13.4. The molecule has 2 aliphatic rings. The summed E-state index contributed by atoms with van der Waals surface area (Å²) >= 11 is 0. The van der Waals surface area contributed by atoms with E-state index in [1.165, 1.54) is 0 Å². The first-order valence-corrected chi connectivity index (χ1v) is 9.64. The molecule has 3 N–H and O–H groups in total. The average Bonchev–Trinajstić information content (AvgIpc) is 2.83. The van der Waals surface area contributed by atoms with Crippen molar-refractivity contribution in [2.75, 3.05) is 0 Å². The van der Waals surface area contributed by atoms with Gasteiger partial charge in [0.15, 0.2) is 0 Å². The number of amides is 1. The summed E-state index contributed by atoms with van der Waals surface area (Å²) in [5.41, 5.74) is 3.77. The molecule has 2 heterocycles. The lowest BCUT2D eigenvalue weighted by atomic mass is 9.67. The third-order valence-corrected chi connectivity index (χ3v) is 4.67. The number of hydrogen-bond donors (Lipinski definition) is 2. The molecule has 3 rings (SSSR count). The highest BCUT2D eigenvalue weighted by atomic mass is 16.6. The Labute approximate surface area is 175 Å². The van der Waals surface area contributed by atoms with Gasteiger partial charge in [-0.05, 0) is 47.6 Å². The molecule has 1 amide bonds.